The smallest absolute Gasteiger partial charge is 0.159 e. The topological polar surface area (TPSA) is 197 Å². The summed E-state index contributed by atoms with van der Waals surface area (Å²) < 4.78 is 1.76. The Morgan fingerprint density at radius 3 is 1.68 bits per heavy atom. The molecule has 0 atom stereocenters. The SMILES string of the molecule is CC.Cc1ccc(-c2nccc3[nH]c(-c4n[nH]c5cnc(-c6cncc(CC7CCCCC7)c6)cc45)nc23)s1.Cc1ccc(-c2nccc3[nH]c(-c4n[nH]c5cnc(-c6cnn(C)c6)cc45)nc23)s1. The number of aromatic nitrogens is 15. The maximum absolute atomic E-state index is 4.95. The molecule has 0 amide bonds. The third kappa shape index (κ3) is 8.70. The average Bonchev–Trinajstić information content (AvgIpc) is 4.25. The Hall–Kier alpha value is -7.76. The molecule has 0 bridgehead atoms. The summed E-state index contributed by atoms with van der Waals surface area (Å²) >= 11 is 3.44. The van der Waals surface area contributed by atoms with E-state index < -0.39 is 0 Å². The molecule has 1 aliphatic rings. The monoisotopic (exact) mass is 947 g/mol. The second kappa shape index (κ2) is 18.7. The Balaban J connectivity index is 0.000000149. The van der Waals surface area contributed by atoms with Crippen LogP contribution < -0.4 is 0 Å². The van der Waals surface area contributed by atoms with E-state index in [0.717, 1.165) is 111 Å². The van der Waals surface area contributed by atoms with E-state index in [1.165, 1.54) is 47.4 Å². The number of pyridine rings is 5. The van der Waals surface area contributed by atoms with Crippen LogP contribution in [0.2, 0.25) is 0 Å². The van der Waals surface area contributed by atoms with E-state index in [1.54, 1.807) is 39.7 Å². The minimum Gasteiger partial charge on any atom is -0.336 e. The fourth-order valence-corrected chi connectivity index (χ4v) is 10.8. The lowest BCUT2D eigenvalue weighted by molar-refractivity contribution is 0.356. The van der Waals surface area contributed by atoms with Gasteiger partial charge in [0.15, 0.2) is 11.6 Å². The van der Waals surface area contributed by atoms with E-state index in [4.69, 9.17) is 15.0 Å². The molecule has 344 valence electrons. The van der Waals surface area contributed by atoms with Crippen molar-refractivity contribution < 1.29 is 0 Å². The molecule has 4 N–H and O–H groups in total. The number of aromatic amines is 4. The molecule has 0 saturated heterocycles. The summed E-state index contributed by atoms with van der Waals surface area (Å²) in [5, 5.41) is 21.5. The number of hydrogen-bond acceptors (Lipinski definition) is 12. The van der Waals surface area contributed by atoms with Gasteiger partial charge in [0.25, 0.3) is 0 Å². The average molecular weight is 948 g/mol. The van der Waals surface area contributed by atoms with E-state index in [-0.39, 0.29) is 0 Å². The number of thiophene rings is 2. The second-order valence-electron chi connectivity index (χ2n) is 17.2. The van der Waals surface area contributed by atoms with E-state index in [1.807, 2.05) is 76.3 Å². The first-order chi connectivity index (χ1) is 33.9. The molecule has 13 rings (SSSR count). The molecule has 0 aliphatic heterocycles. The summed E-state index contributed by atoms with van der Waals surface area (Å²) in [6.45, 7) is 8.20. The molecule has 1 fully saturated rings. The van der Waals surface area contributed by atoms with Crippen LogP contribution in [0.1, 0.15) is 61.3 Å². The molecule has 17 heteroatoms. The van der Waals surface area contributed by atoms with Crippen molar-refractivity contribution in [2.45, 2.75) is 66.2 Å². The highest BCUT2D eigenvalue weighted by Gasteiger charge is 2.20. The maximum Gasteiger partial charge on any atom is 0.159 e. The third-order valence-corrected chi connectivity index (χ3v) is 14.4. The lowest BCUT2D eigenvalue weighted by atomic mass is 9.85. The number of hydrogen-bond donors (Lipinski definition) is 4. The van der Waals surface area contributed by atoms with Gasteiger partial charge in [-0.05, 0) is 86.3 Å². The van der Waals surface area contributed by atoms with Gasteiger partial charge < -0.3 is 9.97 Å². The van der Waals surface area contributed by atoms with Gasteiger partial charge in [0.1, 0.15) is 33.8 Å². The van der Waals surface area contributed by atoms with Crippen LogP contribution in [0, 0.1) is 19.8 Å². The van der Waals surface area contributed by atoms with E-state index in [9.17, 15) is 0 Å². The Morgan fingerprint density at radius 2 is 1.16 bits per heavy atom. The Kier molecular flexibility index (Phi) is 11.9. The third-order valence-electron chi connectivity index (χ3n) is 12.4. The first-order valence-corrected chi connectivity index (χ1v) is 25.0. The van der Waals surface area contributed by atoms with Crippen molar-refractivity contribution >= 4 is 66.5 Å². The Bertz CT molecular complexity index is 3740. The van der Waals surface area contributed by atoms with Gasteiger partial charge in [-0.2, -0.15) is 15.3 Å². The molecular weight excluding hydrogens is 899 g/mol. The predicted molar refractivity (Wildman–Crippen MR) is 277 cm³/mol. The molecule has 0 spiro atoms. The van der Waals surface area contributed by atoms with Gasteiger partial charge in [-0.1, -0.05) is 46.0 Å². The van der Waals surface area contributed by atoms with Crippen LogP contribution in [0.25, 0.3) is 111 Å². The standard InChI is InChI=1S/C29H27N7S.C21H16N8S.C2H6/c1-17-7-8-25(37-17)28-27-22(9-10-31-28)33-29(34-27)26-21-13-23(32-16-24(21)35-36-26)20-12-19(14-30-15-20)11-18-5-3-2-4-6-18;1-11-3-4-17(30-11)20-19-14(5-6-22-20)25-21(26-19)18-13-7-15(12-8-24-29(2)10-12)23-9-16(13)27-28-18;1-2/h7-10,12-16,18H,2-6,11H2,1H3,(H,33,34)(H,35,36);3-10H,1-2H3,(H,25,26)(H,27,28);1-2H3. The maximum atomic E-state index is 4.95. The van der Waals surface area contributed by atoms with Gasteiger partial charge in [-0.15, -0.1) is 22.7 Å². The van der Waals surface area contributed by atoms with Crippen LogP contribution >= 0.6 is 22.7 Å². The van der Waals surface area contributed by atoms with Crippen molar-refractivity contribution in [3.63, 3.8) is 0 Å². The summed E-state index contributed by atoms with van der Waals surface area (Å²) in [5.74, 6) is 2.18. The summed E-state index contributed by atoms with van der Waals surface area (Å²) in [5.41, 5.74) is 13.6. The number of rotatable bonds is 8. The molecular formula is C52H49N15S2. The number of aryl methyl sites for hydroxylation is 3. The minimum atomic E-state index is 0.696. The van der Waals surface area contributed by atoms with Crippen molar-refractivity contribution in [2.75, 3.05) is 0 Å². The fraction of sp³-hybridized carbons (Fsp3) is 0.231. The summed E-state index contributed by atoms with van der Waals surface area (Å²) in [6, 6.07) is 18.7. The van der Waals surface area contributed by atoms with Crippen LogP contribution in [-0.2, 0) is 13.5 Å². The highest BCUT2D eigenvalue weighted by molar-refractivity contribution is 7.15. The first kappa shape index (κ1) is 43.8. The predicted octanol–water partition coefficient (Wildman–Crippen LogP) is 12.5. The van der Waals surface area contributed by atoms with E-state index >= 15 is 0 Å². The largest absolute Gasteiger partial charge is 0.336 e. The van der Waals surface area contributed by atoms with E-state index in [2.05, 4.69) is 106 Å². The van der Waals surface area contributed by atoms with Gasteiger partial charge in [-0.25, -0.2) is 9.97 Å². The molecule has 1 aliphatic carbocycles. The van der Waals surface area contributed by atoms with Crippen molar-refractivity contribution in [2.24, 2.45) is 13.0 Å². The molecule has 15 nitrogen and oxygen atoms in total. The molecule has 0 radical (unpaired) electrons. The number of H-pyrrole nitrogens is 4. The van der Waals surface area contributed by atoms with Gasteiger partial charge in [0, 0.05) is 69.7 Å². The van der Waals surface area contributed by atoms with Crippen LogP contribution in [0.4, 0.5) is 0 Å². The number of nitrogens with zero attached hydrogens (tertiary/aromatic N) is 11. The quantitative estimate of drug-likeness (QED) is 0.114. The molecule has 69 heavy (non-hydrogen) atoms. The summed E-state index contributed by atoms with van der Waals surface area (Å²) in [6.07, 6.45) is 22.8. The normalized spacial score (nSPS) is 13.0. The second-order valence-corrected chi connectivity index (χ2v) is 19.7. The summed E-state index contributed by atoms with van der Waals surface area (Å²) in [4.78, 5) is 44.4. The van der Waals surface area contributed by atoms with Crippen molar-refractivity contribution in [3.05, 3.63) is 119 Å². The molecule has 0 aromatic carbocycles. The minimum absolute atomic E-state index is 0.696. The zero-order valence-electron chi connectivity index (χ0n) is 38.9. The molecule has 1 saturated carbocycles. The van der Waals surface area contributed by atoms with E-state index in [0.29, 0.717) is 11.6 Å². The van der Waals surface area contributed by atoms with Gasteiger partial charge in [0.05, 0.1) is 61.8 Å². The zero-order chi connectivity index (χ0) is 47.0. The van der Waals surface area contributed by atoms with Gasteiger partial charge in [0.2, 0.25) is 0 Å². The highest BCUT2D eigenvalue weighted by Crippen LogP contribution is 2.36. The molecule has 12 aromatic rings. The fourth-order valence-electron chi connectivity index (χ4n) is 9.11. The van der Waals surface area contributed by atoms with Crippen LogP contribution in [0.3, 0.4) is 0 Å². The van der Waals surface area contributed by atoms with Crippen LogP contribution in [-0.4, -0.2) is 75.0 Å². The Labute approximate surface area is 405 Å². The Morgan fingerprint density at radius 1 is 0.594 bits per heavy atom. The van der Waals surface area contributed by atoms with Gasteiger partial charge >= 0.3 is 0 Å². The van der Waals surface area contributed by atoms with Crippen molar-refractivity contribution in [3.8, 4) is 66.7 Å². The lowest BCUT2D eigenvalue weighted by Gasteiger charge is -2.21. The summed E-state index contributed by atoms with van der Waals surface area (Å²) in [7, 11) is 1.89. The molecule has 12 heterocycles. The number of nitrogens with one attached hydrogen (secondary N) is 4. The lowest BCUT2D eigenvalue weighted by Crippen LogP contribution is -2.09. The van der Waals surface area contributed by atoms with Crippen LogP contribution in [0.5, 0.6) is 0 Å². The highest BCUT2D eigenvalue weighted by atomic mass is 32.1. The number of imidazole rings is 2. The molecule has 0 unspecified atom stereocenters. The number of fused-ring (bicyclic) bond motifs is 4. The first-order valence-electron chi connectivity index (χ1n) is 23.3. The van der Waals surface area contributed by atoms with Gasteiger partial charge in [-0.3, -0.25) is 39.8 Å². The van der Waals surface area contributed by atoms with Crippen molar-refractivity contribution in [1.82, 2.24) is 75.0 Å². The van der Waals surface area contributed by atoms with Crippen LogP contribution in [0.15, 0.2) is 104 Å². The zero-order valence-corrected chi connectivity index (χ0v) is 40.5. The van der Waals surface area contributed by atoms with Crippen molar-refractivity contribution in [1.29, 1.82) is 0 Å². The molecule has 12 aromatic heterocycles.